The molecule has 0 spiro atoms. The maximum Gasteiger partial charge on any atom is 0.0994 e. The largest absolute Gasteiger partial charge is 0.391 e. The van der Waals surface area contributed by atoms with Crippen LogP contribution in [0.4, 0.5) is 0 Å². The SMILES string of the molecule is CNC1=CC=C(n2cnc(C)c2C)C(C)C1. The fourth-order valence-corrected chi connectivity index (χ4v) is 2.11. The number of allylic oxidation sites excluding steroid dienone is 4. The molecule has 3 heteroatoms. The molecule has 2 rings (SSSR count). The number of aryl methyl sites for hydroxylation is 1. The first kappa shape index (κ1) is 11.0. The predicted octanol–water partition coefficient (Wildman–Crippen LogP) is 2.48. The van der Waals surface area contributed by atoms with Crippen molar-refractivity contribution in [2.75, 3.05) is 7.05 Å². The van der Waals surface area contributed by atoms with Crippen molar-refractivity contribution < 1.29 is 0 Å². The lowest BCUT2D eigenvalue weighted by Gasteiger charge is -2.23. The minimum atomic E-state index is 0.528. The fraction of sp³-hybridized carbons (Fsp3) is 0.462. The summed E-state index contributed by atoms with van der Waals surface area (Å²) in [4.78, 5) is 4.35. The van der Waals surface area contributed by atoms with Crippen LogP contribution >= 0.6 is 0 Å². The molecule has 1 aliphatic rings. The summed E-state index contributed by atoms with van der Waals surface area (Å²) in [5.74, 6) is 0.528. The first-order valence-corrected chi connectivity index (χ1v) is 5.73. The smallest absolute Gasteiger partial charge is 0.0994 e. The van der Waals surface area contributed by atoms with E-state index in [0.717, 1.165) is 12.1 Å². The van der Waals surface area contributed by atoms with Crippen molar-refractivity contribution in [3.05, 3.63) is 35.6 Å². The van der Waals surface area contributed by atoms with E-state index in [0.29, 0.717) is 5.92 Å². The molecule has 0 fully saturated rings. The van der Waals surface area contributed by atoms with Crippen LogP contribution in [0.15, 0.2) is 24.2 Å². The molecule has 0 amide bonds. The molecule has 3 nitrogen and oxygen atoms in total. The molecular weight excluding hydrogens is 198 g/mol. The first-order valence-electron chi connectivity index (χ1n) is 5.73. The molecule has 0 aromatic carbocycles. The van der Waals surface area contributed by atoms with Crippen molar-refractivity contribution in [1.82, 2.24) is 14.9 Å². The van der Waals surface area contributed by atoms with E-state index in [9.17, 15) is 0 Å². The van der Waals surface area contributed by atoms with Gasteiger partial charge in [-0.2, -0.15) is 0 Å². The normalized spacial score (nSPS) is 20.4. The average molecular weight is 217 g/mol. The number of nitrogens with one attached hydrogen (secondary N) is 1. The lowest BCUT2D eigenvalue weighted by Crippen LogP contribution is -2.16. The van der Waals surface area contributed by atoms with Crippen LogP contribution in [0.3, 0.4) is 0 Å². The molecule has 16 heavy (non-hydrogen) atoms. The Morgan fingerprint density at radius 3 is 2.62 bits per heavy atom. The van der Waals surface area contributed by atoms with Crippen LogP contribution in [0.2, 0.25) is 0 Å². The van der Waals surface area contributed by atoms with Crippen molar-refractivity contribution in [3.63, 3.8) is 0 Å². The molecule has 1 aromatic rings. The van der Waals surface area contributed by atoms with Gasteiger partial charge in [0.25, 0.3) is 0 Å². The summed E-state index contributed by atoms with van der Waals surface area (Å²) in [6.45, 7) is 6.42. The lowest BCUT2D eigenvalue weighted by molar-refractivity contribution is 0.655. The highest BCUT2D eigenvalue weighted by Crippen LogP contribution is 2.28. The molecule has 1 aliphatic carbocycles. The van der Waals surface area contributed by atoms with Gasteiger partial charge in [-0.3, -0.25) is 0 Å². The van der Waals surface area contributed by atoms with Crippen molar-refractivity contribution in [2.45, 2.75) is 27.2 Å². The molecule has 0 aliphatic heterocycles. The van der Waals surface area contributed by atoms with Crippen molar-refractivity contribution in [1.29, 1.82) is 0 Å². The zero-order chi connectivity index (χ0) is 11.7. The highest BCUT2D eigenvalue weighted by atomic mass is 15.1. The van der Waals surface area contributed by atoms with Crippen LogP contribution in [0.25, 0.3) is 5.70 Å². The van der Waals surface area contributed by atoms with Gasteiger partial charge in [0, 0.05) is 30.1 Å². The third kappa shape index (κ3) is 1.77. The Labute approximate surface area is 96.9 Å². The van der Waals surface area contributed by atoms with E-state index >= 15 is 0 Å². The van der Waals surface area contributed by atoms with E-state index in [4.69, 9.17) is 0 Å². The van der Waals surface area contributed by atoms with Gasteiger partial charge in [0.15, 0.2) is 0 Å². The van der Waals surface area contributed by atoms with Crippen LogP contribution < -0.4 is 5.32 Å². The van der Waals surface area contributed by atoms with E-state index in [-0.39, 0.29) is 0 Å². The van der Waals surface area contributed by atoms with Crippen molar-refractivity contribution in [3.8, 4) is 0 Å². The zero-order valence-electron chi connectivity index (χ0n) is 10.4. The molecule has 86 valence electrons. The van der Waals surface area contributed by atoms with E-state index in [1.54, 1.807) is 0 Å². The summed E-state index contributed by atoms with van der Waals surface area (Å²) in [5, 5.41) is 3.22. The van der Waals surface area contributed by atoms with Crippen molar-refractivity contribution in [2.24, 2.45) is 5.92 Å². The summed E-state index contributed by atoms with van der Waals surface area (Å²) in [6.07, 6.45) is 7.34. The Hall–Kier alpha value is -1.51. The van der Waals surface area contributed by atoms with E-state index in [1.165, 1.54) is 17.1 Å². The van der Waals surface area contributed by atoms with E-state index < -0.39 is 0 Å². The second-order valence-corrected chi connectivity index (χ2v) is 4.42. The van der Waals surface area contributed by atoms with Gasteiger partial charge in [-0.1, -0.05) is 6.92 Å². The van der Waals surface area contributed by atoms with Gasteiger partial charge in [-0.25, -0.2) is 4.98 Å². The average Bonchev–Trinajstić information content (AvgIpc) is 2.60. The number of nitrogens with zero attached hydrogens (tertiary/aromatic N) is 2. The molecule has 1 aromatic heterocycles. The summed E-state index contributed by atoms with van der Waals surface area (Å²) in [6, 6.07) is 0. The molecule has 1 unspecified atom stereocenters. The Kier molecular flexibility index (Phi) is 2.86. The summed E-state index contributed by atoms with van der Waals surface area (Å²) in [7, 11) is 1.98. The van der Waals surface area contributed by atoms with Gasteiger partial charge in [0.1, 0.15) is 0 Å². The zero-order valence-corrected chi connectivity index (χ0v) is 10.4. The highest BCUT2D eigenvalue weighted by Gasteiger charge is 2.17. The summed E-state index contributed by atoms with van der Waals surface area (Å²) >= 11 is 0. The van der Waals surface area contributed by atoms with Gasteiger partial charge < -0.3 is 9.88 Å². The van der Waals surface area contributed by atoms with Crippen LogP contribution in [0.5, 0.6) is 0 Å². The second kappa shape index (κ2) is 4.16. The monoisotopic (exact) mass is 217 g/mol. The Bertz CT molecular complexity index is 452. The minimum absolute atomic E-state index is 0.528. The number of hydrogen-bond donors (Lipinski definition) is 1. The van der Waals surface area contributed by atoms with Gasteiger partial charge in [-0.15, -0.1) is 0 Å². The molecule has 1 N–H and O–H groups in total. The third-order valence-corrected chi connectivity index (χ3v) is 3.34. The van der Waals surface area contributed by atoms with Gasteiger partial charge in [0.05, 0.1) is 12.0 Å². The van der Waals surface area contributed by atoms with Gasteiger partial charge in [0.2, 0.25) is 0 Å². The molecule has 0 saturated heterocycles. The van der Waals surface area contributed by atoms with Crippen molar-refractivity contribution >= 4 is 5.70 Å². The van der Waals surface area contributed by atoms with Crippen LogP contribution in [0.1, 0.15) is 24.7 Å². The molecule has 0 bridgehead atoms. The quantitative estimate of drug-likeness (QED) is 0.824. The van der Waals surface area contributed by atoms with Gasteiger partial charge in [-0.05, 0) is 32.4 Å². The topological polar surface area (TPSA) is 29.9 Å². The summed E-state index contributed by atoms with van der Waals surface area (Å²) in [5.41, 5.74) is 4.97. The number of imidazole rings is 1. The molecule has 0 saturated carbocycles. The summed E-state index contributed by atoms with van der Waals surface area (Å²) < 4.78 is 2.20. The maximum atomic E-state index is 4.35. The Balaban J connectivity index is 2.38. The number of aromatic nitrogens is 2. The molecule has 1 heterocycles. The first-order chi connectivity index (χ1) is 7.63. The Morgan fingerprint density at radius 1 is 1.38 bits per heavy atom. The van der Waals surface area contributed by atoms with E-state index in [2.05, 4.69) is 47.8 Å². The Morgan fingerprint density at radius 2 is 2.12 bits per heavy atom. The standard InChI is InChI=1S/C13H19N3/c1-9-7-12(14-4)5-6-13(9)16-8-15-10(2)11(16)3/h5-6,8-9,14H,7H2,1-4H3. The maximum absolute atomic E-state index is 4.35. The van der Waals surface area contributed by atoms with Gasteiger partial charge >= 0.3 is 0 Å². The molecular formula is C13H19N3. The van der Waals surface area contributed by atoms with Crippen LogP contribution in [-0.4, -0.2) is 16.6 Å². The van der Waals surface area contributed by atoms with Crippen LogP contribution in [0, 0.1) is 19.8 Å². The number of rotatable bonds is 2. The highest BCUT2D eigenvalue weighted by molar-refractivity contribution is 5.55. The predicted molar refractivity (Wildman–Crippen MR) is 66.9 cm³/mol. The lowest BCUT2D eigenvalue weighted by atomic mass is 9.96. The fourth-order valence-electron chi connectivity index (χ4n) is 2.11. The molecule has 1 atom stereocenters. The van der Waals surface area contributed by atoms with Crippen LogP contribution in [-0.2, 0) is 0 Å². The minimum Gasteiger partial charge on any atom is -0.391 e. The second-order valence-electron chi connectivity index (χ2n) is 4.42. The third-order valence-electron chi connectivity index (χ3n) is 3.34. The van der Waals surface area contributed by atoms with E-state index in [1.807, 2.05) is 13.4 Å². The number of hydrogen-bond acceptors (Lipinski definition) is 2. The molecule has 0 radical (unpaired) electrons.